The van der Waals surface area contributed by atoms with E-state index >= 15 is 0 Å². The van der Waals surface area contributed by atoms with Crippen LogP contribution in [-0.4, -0.2) is 33.6 Å². The van der Waals surface area contributed by atoms with Crippen LogP contribution in [0.2, 0.25) is 0 Å². The van der Waals surface area contributed by atoms with Crippen molar-refractivity contribution < 1.29 is 14.8 Å². The molecule has 0 saturated heterocycles. The van der Waals surface area contributed by atoms with Crippen molar-refractivity contribution in [1.29, 1.82) is 0 Å². The lowest BCUT2D eigenvalue weighted by Crippen LogP contribution is -2.35. The molecule has 1 amide bonds. The van der Waals surface area contributed by atoms with Gasteiger partial charge in [0.2, 0.25) is 0 Å². The summed E-state index contributed by atoms with van der Waals surface area (Å²) in [7, 11) is 0. The van der Waals surface area contributed by atoms with Crippen molar-refractivity contribution in [1.82, 2.24) is 10.3 Å². The first kappa shape index (κ1) is 11.2. The zero-order chi connectivity index (χ0) is 11.4. The molecule has 7 nitrogen and oxygen atoms in total. The number of hydrogen-bond donors (Lipinski definition) is 3. The average Bonchev–Trinajstić information content (AvgIpc) is 2.66. The molecule has 0 aliphatic carbocycles. The summed E-state index contributed by atoms with van der Waals surface area (Å²) in [6, 6.07) is 2.13. The molecule has 15 heavy (non-hydrogen) atoms. The number of nitrogens with one attached hydrogen (secondary N) is 2. The minimum Gasteiger partial charge on any atom is -0.394 e. The Balaban J connectivity index is 2.70. The molecular formula is C8H11N3O4. The van der Waals surface area contributed by atoms with Crippen LogP contribution in [-0.2, 0) is 0 Å². The molecule has 3 N–H and O–H groups in total. The SMILES string of the molecule is CC(CO)NC(=O)c1ccc([N+](=O)[O-])[nH]1. The number of aromatic nitrogens is 1. The molecule has 1 unspecified atom stereocenters. The Morgan fingerprint density at radius 1 is 1.73 bits per heavy atom. The molecule has 0 aliphatic rings. The van der Waals surface area contributed by atoms with Gasteiger partial charge in [0.15, 0.2) is 5.69 Å². The number of carbonyl (C=O) groups is 1. The summed E-state index contributed by atoms with van der Waals surface area (Å²) in [4.78, 5) is 23.4. The first-order valence-electron chi connectivity index (χ1n) is 4.29. The molecule has 82 valence electrons. The van der Waals surface area contributed by atoms with Crippen molar-refractivity contribution in [3.8, 4) is 0 Å². The molecule has 1 rings (SSSR count). The summed E-state index contributed by atoms with van der Waals surface area (Å²) in [6.45, 7) is 1.43. The lowest BCUT2D eigenvalue weighted by atomic mass is 10.3. The van der Waals surface area contributed by atoms with Gasteiger partial charge in [0.25, 0.3) is 5.91 Å². The summed E-state index contributed by atoms with van der Waals surface area (Å²) in [5.41, 5.74) is 0.0991. The highest BCUT2D eigenvalue weighted by atomic mass is 16.6. The topological polar surface area (TPSA) is 108 Å². The van der Waals surface area contributed by atoms with Gasteiger partial charge in [-0.25, -0.2) is 4.98 Å². The van der Waals surface area contributed by atoms with Crippen molar-refractivity contribution in [3.63, 3.8) is 0 Å². The number of carbonyl (C=O) groups excluding carboxylic acids is 1. The smallest absolute Gasteiger partial charge is 0.321 e. The summed E-state index contributed by atoms with van der Waals surface area (Å²) in [5.74, 6) is -0.721. The van der Waals surface area contributed by atoms with Crippen LogP contribution in [0.25, 0.3) is 0 Å². The molecule has 7 heteroatoms. The zero-order valence-electron chi connectivity index (χ0n) is 8.06. The van der Waals surface area contributed by atoms with Gasteiger partial charge < -0.3 is 20.5 Å². The van der Waals surface area contributed by atoms with Crippen LogP contribution >= 0.6 is 0 Å². The number of amides is 1. The molecule has 1 aromatic rings. The van der Waals surface area contributed by atoms with Crippen molar-refractivity contribution >= 4 is 11.7 Å². The van der Waals surface area contributed by atoms with E-state index in [0.29, 0.717) is 0 Å². The highest BCUT2D eigenvalue weighted by Crippen LogP contribution is 2.09. The number of nitro groups is 1. The highest BCUT2D eigenvalue weighted by molar-refractivity contribution is 5.93. The van der Waals surface area contributed by atoms with E-state index < -0.39 is 10.8 Å². The number of aromatic amines is 1. The monoisotopic (exact) mass is 213 g/mol. The predicted octanol–water partition coefficient (Wildman–Crippen LogP) is 0.0335. The number of aliphatic hydroxyl groups is 1. The fraction of sp³-hybridized carbons (Fsp3) is 0.375. The lowest BCUT2D eigenvalue weighted by molar-refractivity contribution is -0.389. The second-order valence-electron chi connectivity index (χ2n) is 3.07. The number of rotatable bonds is 4. The Bertz CT molecular complexity index is 374. The Morgan fingerprint density at radius 3 is 2.87 bits per heavy atom. The molecule has 0 bridgehead atoms. The van der Waals surface area contributed by atoms with E-state index in [1.54, 1.807) is 6.92 Å². The Kier molecular flexibility index (Phi) is 3.40. The molecule has 0 aromatic carbocycles. The largest absolute Gasteiger partial charge is 0.394 e. The van der Waals surface area contributed by atoms with Gasteiger partial charge in [-0.05, 0) is 17.9 Å². The molecule has 0 spiro atoms. The maximum absolute atomic E-state index is 11.4. The van der Waals surface area contributed by atoms with E-state index in [9.17, 15) is 14.9 Å². The van der Waals surface area contributed by atoms with E-state index in [0.717, 1.165) is 0 Å². The maximum Gasteiger partial charge on any atom is 0.321 e. The van der Waals surface area contributed by atoms with Crippen LogP contribution in [0.15, 0.2) is 12.1 Å². The van der Waals surface area contributed by atoms with E-state index in [2.05, 4.69) is 10.3 Å². The Hall–Kier alpha value is -1.89. The second-order valence-corrected chi connectivity index (χ2v) is 3.07. The van der Waals surface area contributed by atoms with Crippen LogP contribution in [0.5, 0.6) is 0 Å². The summed E-state index contributed by atoms with van der Waals surface area (Å²) >= 11 is 0. The number of H-pyrrole nitrogens is 1. The summed E-state index contributed by atoms with van der Waals surface area (Å²) in [6.07, 6.45) is 0. The standard InChI is InChI=1S/C8H11N3O4/c1-5(4-12)9-8(13)6-2-3-7(10-6)11(14)15/h2-3,5,10,12H,4H2,1H3,(H,9,13). The minimum atomic E-state index is -0.619. The van der Waals surface area contributed by atoms with Crippen molar-refractivity contribution in [2.75, 3.05) is 6.61 Å². The number of hydrogen-bond acceptors (Lipinski definition) is 4. The third-order valence-corrected chi connectivity index (χ3v) is 1.76. The summed E-state index contributed by atoms with van der Waals surface area (Å²) in [5, 5.41) is 21.5. The third-order valence-electron chi connectivity index (χ3n) is 1.76. The van der Waals surface area contributed by atoms with Crippen molar-refractivity contribution in [2.24, 2.45) is 0 Å². The first-order chi connectivity index (χ1) is 7.04. The van der Waals surface area contributed by atoms with Crippen LogP contribution < -0.4 is 5.32 Å². The number of aliphatic hydroxyl groups excluding tert-OH is 1. The molecule has 1 aromatic heterocycles. The van der Waals surface area contributed by atoms with Crippen LogP contribution in [0.3, 0.4) is 0 Å². The quantitative estimate of drug-likeness (QED) is 0.484. The second kappa shape index (κ2) is 4.56. The van der Waals surface area contributed by atoms with Gasteiger partial charge in [0.05, 0.1) is 6.61 Å². The Labute approximate surface area is 85.3 Å². The van der Waals surface area contributed by atoms with Gasteiger partial charge in [-0.1, -0.05) is 0 Å². The van der Waals surface area contributed by atoms with Gasteiger partial charge in [-0.3, -0.25) is 4.79 Å². The number of nitrogens with zero attached hydrogens (tertiary/aromatic N) is 1. The average molecular weight is 213 g/mol. The van der Waals surface area contributed by atoms with Gasteiger partial charge in [-0.2, -0.15) is 0 Å². The minimum absolute atomic E-state index is 0.0991. The predicted molar refractivity (Wildman–Crippen MR) is 51.5 cm³/mol. The maximum atomic E-state index is 11.4. The van der Waals surface area contributed by atoms with Crippen molar-refractivity contribution in [3.05, 3.63) is 27.9 Å². The third kappa shape index (κ3) is 2.78. The van der Waals surface area contributed by atoms with Gasteiger partial charge >= 0.3 is 5.82 Å². The van der Waals surface area contributed by atoms with Crippen LogP contribution in [0.1, 0.15) is 17.4 Å². The molecule has 0 fully saturated rings. The molecule has 1 heterocycles. The Morgan fingerprint density at radius 2 is 2.40 bits per heavy atom. The van der Waals surface area contributed by atoms with E-state index in [4.69, 9.17) is 5.11 Å². The first-order valence-corrected chi connectivity index (χ1v) is 4.29. The van der Waals surface area contributed by atoms with Crippen LogP contribution in [0.4, 0.5) is 5.82 Å². The zero-order valence-corrected chi connectivity index (χ0v) is 8.06. The fourth-order valence-corrected chi connectivity index (χ4v) is 0.970. The van der Waals surface area contributed by atoms with E-state index in [1.807, 2.05) is 0 Å². The summed E-state index contributed by atoms with van der Waals surface area (Å²) < 4.78 is 0. The molecule has 0 saturated carbocycles. The fourth-order valence-electron chi connectivity index (χ4n) is 0.970. The van der Waals surface area contributed by atoms with Gasteiger partial charge in [0.1, 0.15) is 0 Å². The van der Waals surface area contributed by atoms with Crippen molar-refractivity contribution in [2.45, 2.75) is 13.0 Å². The van der Waals surface area contributed by atoms with Crippen LogP contribution in [0, 0.1) is 10.1 Å². The molecule has 1 atom stereocenters. The molecular weight excluding hydrogens is 202 g/mol. The van der Waals surface area contributed by atoms with E-state index in [1.165, 1.54) is 12.1 Å². The van der Waals surface area contributed by atoms with Gasteiger partial charge in [0, 0.05) is 12.1 Å². The normalized spacial score (nSPS) is 12.1. The highest BCUT2D eigenvalue weighted by Gasteiger charge is 2.16. The molecule has 0 aliphatic heterocycles. The lowest BCUT2D eigenvalue weighted by Gasteiger charge is -2.07. The van der Waals surface area contributed by atoms with E-state index in [-0.39, 0.29) is 24.2 Å². The van der Waals surface area contributed by atoms with Gasteiger partial charge in [-0.15, -0.1) is 0 Å². The molecule has 0 radical (unpaired) electrons.